The second-order valence-electron chi connectivity index (χ2n) is 7.59. The first-order valence-corrected chi connectivity index (χ1v) is 11.7. The molecule has 6 nitrogen and oxygen atoms in total. The minimum absolute atomic E-state index is 0.153. The molecule has 2 aliphatic heterocycles. The summed E-state index contributed by atoms with van der Waals surface area (Å²) in [5.41, 5.74) is 2.10. The summed E-state index contributed by atoms with van der Waals surface area (Å²) in [6.07, 6.45) is 0. The predicted octanol–water partition coefficient (Wildman–Crippen LogP) is 2.77. The van der Waals surface area contributed by atoms with Crippen molar-refractivity contribution in [2.45, 2.75) is 17.8 Å². The van der Waals surface area contributed by atoms with E-state index in [2.05, 4.69) is 17.0 Å². The van der Waals surface area contributed by atoms with Crippen LogP contribution in [0.1, 0.15) is 17.2 Å². The van der Waals surface area contributed by atoms with Gasteiger partial charge in [-0.2, -0.15) is 9.37 Å². The first-order chi connectivity index (χ1) is 13.9. The van der Waals surface area contributed by atoms with Crippen LogP contribution in [0.2, 0.25) is 5.02 Å². The number of piperazine rings is 1. The van der Waals surface area contributed by atoms with Gasteiger partial charge in [0.1, 0.15) is 5.25 Å². The third kappa shape index (κ3) is 4.50. The fraction of sp³-hybridized carbons (Fsp3) is 0.429. The Kier molecular flexibility index (Phi) is 6.24. The van der Waals surface area contributed by atoms with Crippen LogP contribution in [0.5, 0.6) is 0 Å². The van der Waals surface area contributed by atoms with E-state index in [9.17, 15) is 8.42 Å². The highest BCUT2D eigenvalue weighted by molar-refractivity contribution is 7.89. The molecule has 2 aliphatic rings. The number of sulfonamides is 1. The Bertz CT molecular complexity index is 933. The van der Waals surface area contributed by atoms with E-state index in [4.69, 9.17) is 16.4 Å². The summed E-state index contributed by atoms with van der Waals surface area (Å²) in [4.78, 5) is 7.92. The van der Waals surface area contributed by atoms with Crippen molar-refractivity contribution in [3.05, 3.63) is 70.7 Å². The lowest BCUT2D eigenvalue weighted by atomic mass is 10.0. The third-order valence-corrected chi connectivity index (χ3v) is 8.18. The van der Waals surface area contributed by atoms with Gasteiger partial charge in [-0.25, -0.2) is 8.42 Å². The number of benzene rings is 2. The van der Waals surface area contributed by atoms with Crippen molar-refractivity contribution in [1.29, 1.82) is 0 Å². The number of nitrogens with zero attached hydrogens (tertiary/aromatic N) is 3. The molecule has 2 aromatic carbocycles. The van der Waals surface area contributed by atoms with E-state index in [1.165, 1.54) is 5.56 Å². The molecule has 0 bridgehead atoms. The molecule has 8 heteroatoms. The molecule has 0 aliphatic carbocycles. The van der Waals surface area contributed by atoms with E-state index >= 15 is 0 Å². The molecule has 0 N–H and O–H groups in total. The topological polar surface area (TPSA) is 53.1 Å². The molecular formula is C21H26ClN3O3S. The molecule has 0 radical (unpaired) electrons. The quantitative estimate of drug-likeness (QED) is 0.722. The van der Waals surface area contributed by atoms with Crippen molar-refractivity contribution in [3.63, 3.8) is 0 Å². The van der Waals surface area contributed by atoms with Crippen LogP contribution in [0.3, 0.4) is 0 Å². The van der Waals surface area contributed by atoms with E-state index < -0.39 is 15.3 Å². The van der Waals surface area contributed by atoms with Gasteiger partial charge in [0, 0.05) is 44.8 Å². The average molecular weight is 436 g/mol. The molecule has 2 unspecified atom stereocenters. The Labute approximate surface area is 177 Å². The van der Waals surface area contributed by atoms with E-state index in [0.29, 0.717) is 18.1 Å². The average Bonchev–Trinajstić information content (AvgIpc) is 3.11. The smallest absolute Gasteiger partial charge is 0.221 e. The van der Waals surface area contributed by atoms with Crippen molar-refractivity contribution in [1.82, 2.24) is 14.3 Å². The maximum Gasteiger partial charge on any atom is 0.221 e. The summed E-state index contributed by atoms with van der Waals surface area (Å²) in [5.74, 6) is 0. The van der Waals surface area contributed by atoms with Gasteiger partial charge in [0.15, 0.2) is 0 Å². The lowest BCUT2D eigenvalue weighted by Crippen LogP contribution is -2.51. The zero-order valence-electron chi connectivity index (χ0n) is 16.4. The third-order valence-electron chi connectivity index (χ3n) is 5.70. The molecule has 2 saturated heterocycles. The second-order valence-corrected chi connectivity index (χ2v) is 10.2. The number of halogens is 1. The van der Waals surface area contributed by atoms with Crippen LogP contribution in [0.15, 0.2) is 54.6 Å². The molecule has 0 spiro atoms. The van der Waals surface area contributed by atoms with Crippen molar-refractivity contribution >= 4 is 21.6 Å². The molecule has 2 heterocycles. The monoisotopic (exact) mass is 435 g/mol. The number of rotatable bonds is 5. The number of hydrogen-bond donors (Lipinski definition) is 0. The van der Waals surface area contributed by atoms with Gasteiger partial charge in [0.25, 0.3) is 0 Å². The van der Waals surface area contributed by atoms with Crippen LogP contribution in [0.4, 0.5) is 0 Å². The van der Waals surface area contributed by atoms with E-state index in [1.807, 2.05) is 36.4 Å². The molecule has 0 aromatic heterocycles. The molecule has 29 heavy (non-hydrogen) atoms. The summed E-state index contributed by atoms with van der Waals surface area (Å²) < 4.78 is 28.5. The van der Waals surface area contributed by atoms with Gasteiger partial charge in [0.05, 0.1) is 12.6 Å². The minimum Gasteiger partial charge on any atom is -0.297 e. The molecule has 0 saturated carbocycles. The van der Waals surface area contributed by atoms with Gasteiger partial charge >= 0.3 is 0 Å². The van der Waals surface area contributed by atoms with E-state index in [1.54, 1.807) is 22.5 Å². The first-order valence-electron chi connectivity index (χ1n) is 9.81. The van der Waals surface area contributed by atoms with Gasteiger partial charge < -0.3 is 0 Å². The fourth-order valence-electron chi connectivity index (χ4n) is 4.14. The minimum atomic E-state index is -3.50. The van der Waals surface area contributed by atoms with Crippen molar-refractivity contribution in [3.8, 4) is 0 Å². The molecule has 4 rings (SSSR count). The summed E-state index contributed by atoms with van der Waals surface area (Å²) in [6, 6.07) is 17.2. The van der Waals surface area contributed by atoms with Crippen LogP contribution < -0.4 is 0 Å². The summed E-state index contributed by atoms with van der Waals surface area (Å²) in [6.45, 7) is 3.43. The highest BCUT2D eigenvalue weighted by Gasteiger charge is 2.46. The number of hydroxylamine groups is 2. The largest absolute Gasteiger partial charge is 0.297 e. The van der Waals surface area contributed by atoms with Crippen molar-refractivity contribution in [2.75, 3.05) is 39.8 Å². The zero-order chi connectivity index (χ0) is 20.4. The van der Waals surface area contributed by atoms with Crippen molar-refractivity contribution in [2.24, 2.45) is 0 Å². The molecule has 2 fully saturated rings. The Morgan fingerprint density at radius 3 is 2.45 bits per heavy atom. The van der Waals surface area contributed by atoms with E-state index in [0.717, 1.165) is 25.2 Å². The SMILES string of the molecule is CN1OCC(S(=O)(=O)N2CCN(Cc3ccccc3)CC2)C1c1cccc(Cl)c1. The lowest BCUT2D eigenvalue weighted by molar-refractivity contribution is -0.110. The lowest BCUT2D eigenvalue weighted by Gasteiger charge is -2.36. The van der Waals surface area contributed by atoms with Gasteiger partial charge in [-0.05, 0) is 23.3 Å². The summed E-state index contributed by atoms with van der Waals surface area (Å²) in [5, 5.41) is 1.58. The summed E-state index contributed by atoms with van der Waals surface area (Å²) >= 11 is 6.14. The standard InChI is InChI=1S/C21H26ClN3O3S/c1-23-21(18-8-5-9-19(22)14-18)20(16-28-23)29(26,27)25-12-10-24(11-13-25)15-17-6-3-2-4-7-17/h2-9,14,20-21H,10-13,15-16H2,1H3. The van der Waals surface area contributed by atoms with E-state index in [-0.39, 0.29) is 12.6 Å². The molecule has 2 atom stereocenters. The Morgan fingerprint density at radius 2 is 1.76 bits per heavy atom. The van der Waals surface area contributed by atoms with Crippen LogP contribution in [-0.4, -0.2) is 67.8 Å². The highest BCUT2D eigenvalue weighted by atomic mass is 35.5. The molecule has 156 valence electrons. The zero-order valence-corrected chi connectivity index (χ0v) is 18.0. The maximum atomic E-state index is 13.4. The Morgan fingerprint density at radius 1 is 1.03 bits per heavy atom. The van der Waals surface area contributed by atoms with Crippen LogP contribution >= 0.6 is 11.6 Å². The molecular weight excluding hydrogens is 410 g/mol. The Balaban J connectivity index is 1.45. The van der Waals surface area contributed by atoms with Crippen LogP contribution in [-0.2, 0) is 21.4 Å². The number of hydrogen-bond acceptors (Lipinski definition) is 5. The predicted molar refractivity (Wildman–Crippen MR) is 114 cm³/mol. The highest BCUT2D eigenvalue weighted by Crippen LogP contribution is 2.36. The maximum absolute atomic E-state index is 13.4. The first kappa shape index (κ1) is 20.8. The summed E-state index contributed by atoms with van der Waals surface area (Å²) in [7, 11) is -1.73. The Hall–Kier alpha value is -1.48. The second kappa shape index (κ2) is 8.71. The van der Waals surface area contributed by atoms with Gasteiger partial charge in [-0.3, -0.25) is 9.74 Å². The normalized spacial score (nSPS) is 24.8. The van der Waals surface area contributed by atoms with Gasteiger partial charge in [0.2, 0.25) is 10.0 Å². The van der Waals surface area contributed by atoms with Crippen LogP contribution in [0.25, 0.3) is 0 Å². The van der Waals surface area contributed by atoms with Gasteiger partial charge in [-0.15, -0.1) is 0 Å². The van der Waals surface area contributed by atoms with Gasteiger partial charge in [-0.1, -0.05) is 54.1 Å². The molecule has 2 aromatic rings. The fourth-order valence-corrected chi connectivity index (χ4v) is 6.28. The molecule has 0 amide bonds. The van der Waals surface area contributed by atoms with Crippen molar-refractivity contribution < 1.29 is 13.3 Å². The van der Waals surface area contributed by atoms with Crippen LogP contribution in [0, 0.1) is 0 Å².